The SMILES string of the molecule is CC[C@@H]1CN(Cc2cc([C@@H](CC(=O)[O-])c3ccc4c(nnn4CC)c3Cl)ccc2C)Cc2ccccc2O1.[H-].[Na+]. The van der Waals surface area contributed by atoms with Crippen LogP contribution in [0, 0.1) is 6.92 Å². The van der Waals surface area contributed by atoms with Crippen LogP contribution in [0.3, 0.4) is 0 Å². The van der Waals surface area contributed by atoms with Crippen molar-refractivity contribution in [1.29, 1.82) is 0 Å². The summed E-state index contributed by atoms with van der Waals surface area (Å²) in [5.41, 5.74) is 6.48. The molecule has 0 radical (unpaired) electrons. The Hall–Kier alpha value is -2.42. The molecule has 0 fully saturated rings. The zero-order valence-electron chi connectivity index (χ0n) is 24.0. The van der Waals surface area contributed by atoms with Crippen molar-refractivity contribution in [1.82, 2.24) is 19.9 Å². The van der Waals surface area contributed by atoms with Gasteiger partial charge in [-0.3, -0.25) is 4.90 Å². The van der Waals surface area contributed by atoms with Gasteiger partial charge in [0, 0.05) is 43.6 Å². The first-order valence-electron chi connectivity index (χ1n) is 13.2. The molecule has 2 atom stereocenters. The predicted octanol–water partition coefficient (Wildman–Crippen LogP) is 1.97. The Bertz CT molecular complexity index is 1480. The summed E-state index contributed by atoms with van der Waals surface area (Å²) < 4.78 is 8.06. The standard InChI is InChI=1S/C30H33ClN4O3.Na.H/c1-4-23-18-34(16-21-8-6-7-9-27(21)38-23)17-22-14-20(11-10-19(22)3)25(15-28(36)37)24-12-13-26-30(29(24)31)32-33-35(26)5-2;;/h6-14,23,25H,4-5,15-18H2,1-3H3,(H,36,37);;/q;+1;-1/p-1/t23-,25-;;/m1../s1. The van der Waals surface area contributed by atoms with Gasteiger partial charge in [0.1, 0.15) is 17.4 Å². The van der Waals surface area contributed by atoms with E-state index in [9.17, 15) is 9.90 Å². The number of hydrogen-bond donors (Lipinski definition) is 0. The molecule has 1 aliphatic heterocycles. The van der Waals surface area contributed by atoms with Gasteiger partial charge in [0.2, 0.25) is 0 Å². The van der Waals surface area contributed by atoms with E-state index < -0.39 is 11.9 Å². The van der Waals surface area contributed by atoms with Crippen LogP contribution in [0.15, 0.2) is 54.6 Å². The Kier molecular flexibility index (Phi) is 9.73. The molecule has 3 aromatic carbocycles. The minimum atomic E-state index is -1.13. The van der Waals surface area contributed by atoms with Crippen molar-refractivity contribution in [3.63, 3.8) is 0 Å². The summed E-state index contributed by atoms with van der Waals surface area (Å²) in [5.74, 6) is -0.649. The van der Waals surface area contributed by atoms with Crippen molar-refractivity contribution in [2.45, 2.75) is 65.3 Å². The maximum Gasteiger partial charge on any atom is 1.00 e. The van der Waals surface area contributed by atoms with Gasteiger partial charge in [-0.2, -0.15) is 0 Å². The number of aryl methyl sites for hydroxylation is 2. The van der Waals surface area contributed by atoms with Gasteiger partial charge >= 0.3 is 29.6 Å². The van der Waals surface area contributed by atoms with Gasteiger partial charge < -0.3 is 16.1 Å². The fourth-order valence-electron chi connectivity index (χ4n) is 5.31. The summed E-state index contributed by atoms with van der Waals surface area (Å²) in [6, 6.07) is 18.2. The maximum atomic E-state index is 11.9. The van der Waals surface area contributed by atoms with E-state index in [4.69, 9.17) is 16.3 Å². The van der Waals surface area contributed by atoms with Crippen LogP contribution in [0.2, 0.25) is 5.02 Å². The Labute approximate surface area is 257 Å². The Balaban J connectivity index is 0.00000220. The molecule has 0 unspecified atom stereocenters. The second-order valence-corrected chi connectivity index (χ2v) is 10.4. The van der Waals surface area contributed by atoms with Crippen LogP contribution in [0.4, 0.5) is 0 Å². The molecule has 7 nitrogen and oxygen atoms in total. The third-order valence-electron chi connectivity index (χ3n) is 7.45. The molecule has 5 rings (SSSR count). The van der Waals surface area contributed by atoms with Crippen molar-refractivity contribution in [3.05, 3.63) is 87.4 Å². The molecule has 1 aromatic heterocycles. The minimum absolute atomic E-state index is 0. The zero-order valence-corrected chi connectivity index (χ0v) is 25.7. The van der Waals surface area contributed by atoms with Gasteiger partial charge in [-0.15, -0.1) is 5.10 Å². The van der Waals surface area contributed by atoms with E-state index in [1.54, 1.807) is 4.68 Å². The van der Waals surface area contributed by atoms with E-state index in [1.807, 2.05) is 43.3 Å². The summed E-state index contributed by atoms with van der Waals surface area (Å²) in [5, 5.41) is 20.7. The van der Waals surface area contributed by atoms with Gasteiger partial charge in [-0.1, -0.05) is 66.2 Å². The smallest absolute Gasteiger partial charge is 1.00 e. The number of carboxylic acid groups (broad SMARTS) is 1. The van der Waals surface area contributed by atoms with Crippen LogP contribution < -0.4 is 39.4 Å². The summed E-state index contributed by atoms with van der Waals surface area (Å²) >= 11 is 6.81. The number of ether oxygens (including phenoxy) is 1. The van der Waals surface area contributed by atoms with Gasteiger partial charge in [0.25, 0.3) is 0 Å². The first-order valence-corrected chi connectivity index (χ1v) is 13.5. The van der Waals surface area contributed by atoms with Crippen LogP contribution in [0.1, 0.15) is 61.9 Å². The van der Waals surface area contributed by atoms with Crippen molar-refractivity contribution < 1.29 is 45.6 Å². The molecule has 2 heterocycles. The van der Waals surface area contributed by atoms with E-state index >= 15 is 0 Å². The number of halogens is 1. The van der Waals surface area contributed by atoms with Crippen LogP contribution in [0.5, 0.6) is 5.75 Å². The second kappa shape index (κ2) is 12.8. The molecule has 0 saturated heterocycles. The molecule has 0 saturated carbocycles. The molecule has 9 heteroatoms. The van der Waals surface area contributed by atoms with Crippen LogP contribution >= 0.6 is 11.6 Å². The quantitative estimate of drug-likeness (QED) is 0.309. The van der Waals surface area contributed by atoms with Crippen molar-refractivity contribution in [2.75, 3.05) is 6.54 Å². The van der Waals surface area contributed by atoms with E-state index in [1.165, 1.54) is 5.56 Å². The minimum Gasteiger partial charge on any atom is -1.00 e. The summed E-state index contributed by atoms with van der Waals surface area (Å²) in [6.45, 7) is 9.22. The van der Waals surface area contributed by atoms with Crippen LogP contribution in [-0.2, 0) is 24.4 Å². The molecule has 4 aromatic rings. The van der Waals surface area contributed by atoms with E-state index in [0.29, 0.717) is 22.6 Å². The average Bonchev–Trinajstić information content (AvgIpc) is 3.24. The summed E-state index contributed by atoms with van der Waals surface area (Å²) in [4.78, 5) is 14.3. The second-order valence-electron chi connectivity index (χ2n) is 9.98. The molecule has 0 aliphatic carbocycles. The molecule has 0 spiro atoms. The fraction of sp³-hybridized carbons (Fsp3) is 0.367. The average molecular weight is 556 g/mol. The van der Waals surface area contributed by atoms with Crippen molar-refractivity contribution in [3.8, 4) is 5.75 Å². The normalized spacial score (nSPS) is 16.2. The number of rotatable bonds is 8. The number of carboxylic acids is 1. The molecular weight excluding hydrogens is 523 g/mol. The van der Waals surface area contributed by atoms with E-state index in [2.05, 4.69) is 47.3 Å². The largest absolute Gasteiger partial charge is 1.00 e. The predicted molar refractivity (Wildman–Crippen MR) is 147 cm³/mol. The Morgan fingerprint density at radius 2 is 2.00 bits per heavy atom. The number of benzene rings is 3. The third kappa shape index (κ3) is 6.34. The third-order valence-corrected chi connectivity index (χ3v) is 7.85. The Morgan fingerprint density at radius 1 is 1.21 bits per heavy atom. The number of para-hydroxylation sites is 1. The molecule has 0 N–H and O–H groups in total. The zero-order chi connectivity index (χ0) is 26.8. The number of aliphatic carboxylic acids is 1. The molecule has 39 heavy (non-hydrogen) atoms. The maximum absolute atomic E-state index is 11.9. The van der Waals surface area contributed by atoms with Gasteiger partial charge in [-0.25, -0.2) is 4.68 Å². The van der Waals surface area contributed by atoms with Crippen molar-refractivity contribution in [2.24, 2.45) is 0 Å². The number of carbonyl (C=O) groups excluding carboxylic acids is 1. The monoisotopic (exact) mass is 555 g/mol. The topological polar surface area (TPSA) is 83.3 Å². The molecule has 0 amide bonds. The van der Waals surface area contributed by atoms with Crippen molar-refractivity contribution >= 4 is 28.6 Å². The summed E-state index contributed by atoms with van der Waals surface area (Å²) in [7, 11) is 0. The number of nitrogens with zero attached hydrogens (tertiary/aromatic N) is 4. The van der Waals surface area contributed by atoms with Crippen LogP contribution in [0.25, 0.3) is 11.0 Å². The van der Waals surface area contributed by atoms with Gasteiger partial charge in [0.05, 0.1) is 10.5 Å². The first-order chi connectivity index (χ1) is 18.4. The fourth-order valence-corrected chi connectivity index (χ4v) is 5.64. The van der Waals surface area contributed by atoms with E-state index in [-0.39, 0.29) is 43.5 Å². The number of carbonyl (C=O) groups is 1. The molecule has 0 bridgehead atoms. The number of hydrogen-bond acceptors (Lipinski definition) is 6. The van der Waals surface area contributed by atoms with Gasteiger partial charge in [0.15, 0.2) is 0 Å². The Morgan fingerprint density at radius 3 is 2.74 bits per heavy atom. The molecular formula is C30H33ClN4NaO3-. The summed E-state index contributed by atoms with van der Waals surface area (Å²) in [6.07, 6.45) is 0.842. The number of aromatic nitrogens is 3. The molecule has 200 valence electrons. The molecule has 1 aliphatic rings. The van der Waals surface area contributed by atoms with E-state index in [0.717, 1.165) is 54.0 Å². The first kappa shape index (κ1) is 29.6. The number of fused-ring (bicyclic) bond motifs is 2. The van der Waals surface area contributed by atoms with Gasteiger partial charge in [-0.05, 0) is 61.1 Å². The van der Waals surface area contributed by atoms with Crippen LogP contribution in [-0.4, -0.2) is 38.5 Å².